The number of unbranched alkanes of at least 4 members (excludes halogenated alkanes) is 1. The van der Waals surface area contributed by atoms with Crippen molar-refractivity contribution in [2.45, 2.75) is 52.4 Å². The fourth-order valence-corrected chi connectivity index (χ4v) is 2.80. The van der Waals surface area contributed by atoms with Crippen LogP contribution in [0.5, 0.6) is 17.2 Å². The fourth-order valence-electron chi connectivity index (χ4n) is 2.80. The Balaban J connectivity index is 2.90. The van der Waals surface area contributed by atoms with Crippen LogP contribution < -0.4 is 14.2 Å². The average molecular weight is 352 g/mol. The number of ether oxygens (including phenoxy) is 4. The van der Waals surface area contributed by atoms with Crippen LogP contribution in [0.15, 0.2) is 12.1 Å². The second-order valence-corrected chi connectivity index (χ2v) is 6.21. The smallest absolute Gasteiger partial charge is 0.313 e. The highest BCUT2D eigenvalue weighted by atomic mass is 16.5. The number of carbonyl (C=O) groups is 1. The molecule has 0 N–H and O–H groups in total. The Labute approximate surface area is 151 Å². The number of hydrogen-bond acceptors (Lipinski definition) is 5. The molecule has 0 aromatic heterocycles. The van der Waals surface area contributed by atoms with E-state index in [1.807, 2.05) is 6.92 Å². The standard InChI is InChI=1S/C20H32O5/c1-7-9-10-15(8-2)13-25-20(21)14(3)19-17(23-5)11-16(22-4)12-18(19)24-6/h11-12,14-15H,7-10,13H2,1-6H3. The number of carbonyl (C=O) groups excluding carboxylic acids is 1. The van der Waals surface area contributed by atoms with E-state index in [4.69, 9.17) is 18.9 Å². The van der Waals surface area contributed by atoms with Gasteiger partial charge < -0.3 is 18.9 Å². The van der Waals surface area contributed by atoms with Gasteiger partial charge in [-0.15, -0.1) is 0 Å². The number of methoxy groups -OCH3 is 3. The Bertz CT molecular complexity index is 516. The van der Waals surface area contributed by atoms with Gasteiger partial charge in [0.1, 0.15) is 17.2 Å². The summed E-state index contributed by atoms with van der Waals surface area (Å²) in [7, 11) is 4.70. The van der Waals surface area contributed by atoms with Crippen LogP contribution in [0.4, 0.5) is 0 Å². The van der Waals surface area contributed by atoms with Gasteiger partial charge in [-0.1, -0.05) is 33.1 Å². The molecule has 2 unspecified atom stereocenters. The van der Waals surface area contributed by atoms with Crippen LogP contribution in [0, 0.1) is 5.92 Å². The topological polar surface area (TPSA) is 54.0 Å². The van der Waals surface area contributed by atoms with Gasteiger partial charge >= 0.3 is 5.97 Å². The van der Waals surface area contributed by atoms with Crippen molar-refractivity contribution in [2.24, 2.45) is 5.92 Å². The predicted molar refractivity (Wildman–Crippen MR) is 98.8 cm³/mol. The molecule has 1 rings (SSSR count). The van der Waals surface area contributed by atoms with E-state index in [0.29, 0.717) is 35.3 Å². The summed E-state index contributed by atoms with van der Waals surface area (Å²) >= 11 is 0. The van der Waals surface area contributed by atoms with Crippen molar-refractivity contribution < 1.29 is 23.7 Å². The van der Waals surface area contributed by atoms with Gasteiger partial charge in [-0.2, -0.15) is 0 Å². The van der Waals surface area contributed by atoms with Crippen LogP contribution in [-0.4, -0.2) is 33.9 Å². The maximum absolute atomic E-state index is 12.6. The van der Waals surface area contributed by atoms with Crippen LogP contribution >= 0.6 is 0 Å². The molecule has 0 spiro atoms. The summed E-state index contributed by atoms with van der Waals surface area (Å²) in [5.41, 5.74) is 0.678. The molecule has 0 saturated carbocycles. The second kappa shape index (κ2) is 10.9. The summed E-state index contributed by atoms with van der Waals surface area (Å²) in [5.74, 6) is 1.38. The first-order valence-electron chi connectivity index (χ1n) is 8.98. The SMILES string of the molecule is CCCCC(CC)COC(=O)C(C)c1c(OC)cc(OC)cc1OC. The number of rotatable bonds is 11. The van der Waals surface area contributed by atoms with Crippen molar-refractivity contribution in [2.75, 3.05) is 27.9 Å². The molecule has 0 radical (unpaired) electrons. The second-order valence-electron chi connectivity index (χ2n) is 6.21. The molecule has 0 heterocycles. The van der Waals surface area contributed by atoms with Gasteiger partial charge in [-0.05, 0) is 19.3 Å². The lowest BCUT2D eigenvalue weighted by Crippen LogP contribution is -2.19. The van der Waals surface area contributed by atoms with E-state index < -0.39 is 5.92 Å². The lowest BCUT2D eigenvalue weighted by atomic mass is 9.98. The van der Waals surface area contributed by atoms with Crippen molar-refractivity contribution in [3.63, 3.8) is 0 Å². The Morgan fingerprint density at radius 3 is 2.08 bits per heavy atom. The summed E-state index contributed by atoms with van der Waals surface area (Å²) < 4.78 is 21.7. The third-order valence-corrected chi connectivity index (χ3v) is 4.54. The highest BCUT2D eigenvalue weighted by Gasteiger charge is 2.26. The normalized spacial score (nSPS) is 13.0. The van der Waals surface area contributed by atoms with Crippen LogP contribution in [0.25, 0.3) is 0 Å². The lowest BCUT2D eigenvalue weighted by molar-refractivity contribution is -0.146. The highest BCUT2D eigenvalue weighted by molar-refractivity contribution is 5.80. The number of esters is 1. The van der Waals surface area contributed by atoms with E-state index in [1.165, 1.54) is 0 Å². The van der Waals surface area contributed by atoms with Gasteiger partial charge in [0.2, 0.25) is 0 Å². The van der Waals surface area contributed by atoms with Crippen molar-refractivity contribution in [3.05, 3.63) is 17.7 Å². The highest BCUT2D eigenvalue weighted by Crippen LogP contribution is 2.39. The van der Waals surface area contributed by atoms with Gasteiger partial charge in [0, 0.05) is 12.1 Å². The molecule has 0 aliphatic heterocycles. The van der Waals surface area contributed by atoms with Gasteiger partial charge in [0.25, 0.3) is 0 Å². The third-order valence-electron chi connectivity index (χ3n) is 4.54. The molecule has 0 saturated heterocycles. The summed E-state index contributed by atoms with van der Waals surface area (Å²) in [6.45, 7) is 6.57. The lowest BCUT2D eigenvalue weighted by Gasteiger charge is -2.21. The van der Waals surface area contributed by atoms with Crippen LogP contribution in [0.3, 0.4) is 0 Å². The molecule has 5 heteroatoms. The fraction of sp³-hybridized carbons (Fsp3) is 0.650. The van der Waals surface area contributed by atoms with Crippen LogP contribution in [0.2, 0.25) is 0 Å². The van der Waals surface area contributed by atoms with Crippen molar-refractivity contribution in [1.29, 1.82) is 0 Å². The largest absolute Gasteiger partial charge is 0.496 e. The molecule has 5 nitrogen and oxygen atoms in total. The van der Waals surface area contributed by atoms with Crippen LogP contribution in [-0.2, 0) is 9.53 Å². The molecule has 142 valence electrons. The molecule has 0 amide bonds. The quantitative estimate of drug-likeness (QED) is 0.546. The molecule has 25 heavy (non-hydrogen) atoms. The van der Waals surface area contributed by atoms with E-state index >= 15 is 0 Å². The molecule has 0 fully saturated rings. The molecule has 0 bridgehead atoms. The summed E-state index contributed by atoms with van der Waals surface area (Å²) in [5, 5.41) is 0. The minimum Gasteiger partial charge on any atom is -0.496 e. The zero-order chi connectivity index (χ0) is 18.8. The maximum atomic E-state index is 12.6. The molecule has 0 aliphatic carbocycles. The molecule has 1 aromatic rings. The Kier molecular flexibility index (Phi) is 9.17. The van der Waals surface area contributed by atoms with E-state index in [9.17, 15) is 4.79 Å². The molecule has 1 aromatic carbocycles. The van der Waals surface area contributed by atoms with E-state index in [1.54, 1.807) is 33.5 Å². The molecular weight excluding hydrogens is 320 g/mol. The third kappa shape index (κ3) is 5.83. The maximum Gasteiger partial charge on any atom is 0.313 e. The van der Waals surface area contributed by atoms with Gasteiger partial charge in [-0.25, -0.2) is 0 Å². The van der Waals surface area contributed by atoms with Gasteiger partial charge in [0.15, 0.2) is 0 Å². The van der Waals surface area contributed by atoms with Gasteiger partial charge in [0.05, 0.1) is 39.4 Å². The molecule has 0 aliphatic rings. The minimum atomic E-state index is -0.487. The number of benzene rings is 1. The Hall–Kier alpha value is -1.91. The molecular formula is C20H32O5. The Morgan fingerprint density at radius 2 is 1.64 bits per heavy atom. The summed E-state index contributed by atoms with van der Waals surface area (Å²) in [6.07, 6.45) is 4.41. The van der Waals surface area contributed by atoms with E-state index in [2.05, 4.69) is 13.8 Å². The zero-order valence-electron chi connectivity index (χ0n) is 16.4. The average Bonchev–Trinajstić information content (AvgIpc) is 2.65. The van der Waals surface area contributed by atoms with Crippen molar-refractivity contribution >= 4 is 5.97 Å². The van der Waals surface area contributed by atoms with E-state index in [-0.39, 0.29) is 5.97 Å². The van der Waals surface area contributed by atoms with Crippen molar-refractivity contribution in [3.8, 4) is 17.2 Å². The van der Waals surface area contributed by atoms with Crippen molar-refractivity contribution in [1.82, 2.24) is 0 Å². The monoisotopic (exact) mass is 352 g/mol. The minimum absolute atomic E-state index is 0.267. The first-order valence-corrected chi connectivity index (χ1v) is 8.98. The number of hydrogen-bond donors (Lipinski definition) is 0. The predicted octanol–water partition coefficient (Wildman–Crippen LogP) is 4.58. The Morgan fingerprint density at radius 1 is 1.04 bits per heavy atom. The first kappa shape index (κ1) is 21.1. The molecule has 2 atom stereocenters. The summed E-state index contributed by atoms with van der Waals surface area (Å²) in [4.78, 5) is 12.6. The van der Waals surface area contributed by atoms with Gasteiger partial charge in [-0.3, -0.25) is 4.79 Å². The van der Waals surface area contributed by atoms with E-state index in [0.717, 1.165) is 25.7 Å². The first-order chi connectivity index (χ1) is 12.0. The zero-order valence-corrected chi connectivity index (χ0v) is 16.4. The van der Waals surface area contributed by atoms with Crippen LogP contribution in [0.1, 0.15) is 57.9 Å². The summed E-state index contributed by atoms with van der Waals surface area (Å²) in [6, 6.07) is 3.50.